The number of nitro benzene ring substituents is 1. The fraction of sp³-hybridized carbons (Fsp3) is 0.455. The second-order valence-electron chi connectivity index (χ2n) is 3.50. The molecule has 5 nitrogen and oxygen atoms in total. The Morgan fingerprint density at radius 3 is 2.35 bits per heavy atom. The van der Waals surface area contributed by atoms with Gasteiger partial charge in [-0.25, -0.2) is 4.39 Å². The summed E-state index contributed by atoms with van der Waals surface area (Å²) in [5, 5.41) is 16.7. The highest BCUT2D eigenvalue weighted by atomic mass is 19.1. The molecule has 0 amide bonds. The number of hydrogen-bond donors (Lipinski definition) is 2. The Labute approximate surface area is 99.2 Å². The van der Waals surface area contributed by atoms with Gasteiger partial charge in [-0.2, -0.15) is 0 Å². The average molecular weight is 241 g/mol. The first kappa shape index (κ1) is 13.2. The van der Waals surface area contributed by atoms with Crippen molar-refractivity contribution >= 4 is 17.1 Å². The number of nitro groups is 1. The number of nitrogens with one attached hydrogen (secondary N) is 2. The van der Waals surface area contributed by atoms with E-state index in [-0.39, 0.29) is 12.2 Å². The molecule has 0 heterocycles. The Hall–Kier alpha value is -1.85. The van der Waals surface area contributed by atoms with Gasteiger partial charge in [-0.1, -0.05) is 13.0 Å². The van der Waals surface area contributed by atoms with Gasteiger partial charge in [0.05, 0.1) is 4.92 Å². The number of halogens is 1. The highest BCUT2D eigenvalue weighted by Gasteiger charge is 2.18. The molecule has 0 aliphatic rings. The van der Waals surface area contributed by atoms with E-state index in [1.165, 1.54) is 0 Å². The van der Waals surface area contributed by atoms with Crippen LogP contribution in [0.1, 0.15) is 13.3 Å². The molecule has 0 aliphatic heterocycles. The van der Waals surface area contributed by atoms with Gasteiger partial charge in [0.1, 0.15) is 18.0 Å². The predicted molar refractivity (Wildman–Crippen MR) is 66.3 cm³/mol. The fourth-order valence-electron chi connectivity index (χ4n) is 1.47. The van der Waals surface area contributed by atoms with Gasteiger partial charge in [-0.15, -0.1) is 0 Å². The Morgan fingerprint density at radius 2 is 1.88 bits per heavy atom. The highest BCUT2D eigenvalue weighted by molar-refractivity contribution is 5.76. The maximum Gasteiger partial charge on any atom is 0.315 e. The maximum absolute atomic E-state index is 12.1. The van der Waals surface area contributed by atoms with Gasteiger partial charge in [-0.05, 0) is 18.6 Å². The molecule has 17 heavy (non-hydrogen) atoms. The molecule has 1 aromatic rings. The zero-order valence-electron chi connectivity index (χ0n) is 9.70. The molecule has 0 bridgehead atoms. The van der Waals surface area contributed by atoms with Crippen LogP contribution in [-0.2, 0) is 0 Å². The minimum absolute atomic E-state index is 0.0330. The Balaban J connectivity index is 2.99. The summed E-state index contributed by atoms with van der Waals surface area (Å²) in [5.41, 5.74) is 0.767. The molecule has 0 saturated heterocycles. The summed E-state index contributed by atoms with van der Waals surface area (Å²) in [7, 11) is 0. The van der Waals surface area contributed by atoms with Crippen molar-refractivity contribution < 1.29 is 9.31 Å². The number of anilines is 2. The summed E-state index contributed by atoms with van der Waals surface area (Å²) < 4.78 is 12.1. The quantitative estimate of drug-likeness (QED) is 0.569. The number of nitrogens with zero attached hydrogens (tertiary/aromatic N) is 1. The van der Waals surface area contributed by atoms with Gasteiger partial charge in [0.25, 0.3) is 0 Å². The highest BCUT2D eigenvalue weighted by Crippen LogP contribution is 2.32. The third-order valence-electron chi connectivity index (χ3n) is 2.19. The van der Waals surface area contributed by atoms with Crippen LogP contribution in [0.3, 0.4) is 0 Å². The molecule has 1 rings (SSSR count). The minimum Gasteiger partial charge on any atom is -0.379 e. The number of hydrogen-bond acceptors (Lipinski definition) is 4. The fourth-order valence-corrected chi connectivity index (χ4v) is 1.47. The van der Waals surface area contributed by atoms with Crippen LogP contribution in [0.15, 0.2) is 18.2 Å². The van der Waals surface area contributed by atoms with Crippen LogP contribution in [-0.4, -0.2) is 24.7 Å². The second-order valence-corrected chi connectivity index (χ2v) is 3.50. The van der Waals surface area contributed by atoms with E-state index >= 15 is 0 Å². The number of benzene rings is 1. The Bertz CT molecular complexity index is 359. The number of alkyl halides is 1. The van der Waals surface area contributed by atoms with E-state index in [9.17, 15) is 14.5 Å². The van der Waals surface area contributed by atoms with Crippen LogP contribution in [0.4, 0.5) is 21.5 Å². The molecule has 0 aromatic heterocycles. The summed E-state index contributed by atoms with van der Waals surface area (Å²) in [6.45, 7) is 2.14. The lowest BCUT2D eigenvalue weighted by Gasteiger charge is -2.10. The van der Waals surface area contributed by atoms with E-state index in [0.717, 1.165) is 6.42 Å². The molecule has 0 fully saturated rings. The zero-order valence-corrected chi connectivity index (χ0v) is 9.70. The van der Waals surface area contributed by atoms with Crippen molar-refractivity contribution in [3.8, 4) is 0 Å². The zero-order chi connectivity index (χ0) is 12.7. The molecule has 94 valence electrons. The molecular formula is C11H16FN3O2. The first-order valence-corrected chi connectivity index (χ1v) is 5.51. The Morgan fingerprint density at radius 1 is 1.29 bits per heavy atom. The molecule has 6 heteroatoms. The van der Waals surface area contributed by atoms with Gasteiger partial charge in [0.2, 0.25) is 0 Å². The van der Waals surface area contributed by atoms with Crippen molar-refractivity contribution in [2.24, 2.45) is 0 Å². The summed E-state index contributed by atoms with van der Waals surface area (Å²) in [6.07, 6.45) is 0.874. The molecule has 0 spiro atoms. The van der Waals surface area contributed by atoms with Crippen molar-refractivity contribution in [2.75, 3.05) is 30.4 Å². The van der Waals surface area contributed by atoms with E-state index < -0.39 is 11.6 Å². The lowest BCUT2D eigenvalue weighted by Crippen LogP contribution is -2.08. The Kier molecular flexibility index (Phi) is 5.19. The molecule has 1 aromatic carbocycles. The van der Waals surface area contributed by atoms with Crippen LogP contribution < -0.4 is 10.6 Å². The topological polar surface area (TPSA) is 67.2 Å². The van der Waals surface area contributed by atoms with E-state index in [1.54, 1.807) is 18.2 Å². The van der Waals surface area contributed by atoms with Crippen LogP contribution >= 0.6 is 0 Å². The van der Waals surface area contributed by atoms with E-state index in [0.29, 0.717) is 17.9 Å². The third kappa shape index (κ3) is 3.58. The normalized spacial score (nSPS) is 10.0. The standard InChI is InChI=1S/C11H16FN3O2/c1-2-7-13-9-4-3-5-10(14-8-6-12)11(9)15(16)17/h3-5,13-14H,2,6-8H2,1H3. The maximum atomic E-state index is 12.1. The molecule has 2 N–H and O–H groups in total. The number of para-hydroxylation sites is 1. The van der Waals surface area contributed by atoms with Crippen LogP contribution in [0, 0.1) is 10.1 Å². The molecule has 0 radical (unpaired) electrons. The van der Waals surface area contributed by atoms with Crippen molar-refractivity contribution in [2.45, 2.75) is 13.3 Å². The lowest BCUT2D eigenvalue weighted by molar-refractivity contribution is -0.383. The van der Waals surface area contributed by atoms with Crippen molar-refractivity contribution in [3.05, 3.63) is 28.3 Å². The van der Waals surface area contributed by atoms with E-state index in [1.807, 2.05) is 6.92 Å². The van der Waals surface area contributed by atoms with E-state index in [2.05, 4.69) is 10.6 Å². The largest absolute Gasteiger partial charge is 0.379 e. The summed E-state index contributed by atoms with van der Waals surface area (Å²) in [4.78, 5) is 10.5. The van der Waals surface area contributed by atoms with Gasteiger partial charge >= 0.3 is 5.69 Å². The van der Waals surface area contributed by atoms with Gasteiger partial charge < -0.3 is 10.6 Å². The van der Waals surface area contributed by atoms with Crippen molar-refractivity contribution in [1.82, 2.24) is 0 Å². The van der Waals surface area contributed by atoms with Crippen LogP contribution in [0.25, 0.3) is 0 Å². The van der Waals surface area contributed by atoms with Gasteiger partial charge in [-0.3, -0.25) is 10.1 Å². The molecule has 0 aliphatic carbocycles. The SMILES string of the molecule is CCCNc1cccc(NCCF)c1[N+](=O)[O-]. The van der Waals surface area contributed by atoms with Gasteiger partial charge in [0.15, 0.2) is 0 Å². The monoisotopic (exact) mass is 241 g/mol. The van der Waals surface area contributed by atoms with E-state index in [4.69, 9.17) is 0 Å². The van der Waals surface area contributed by atoms with Crippen molar-refractivity contribution in [1.29, 1.82) is 0 Å². The average Bonchev–Trinajstić information content (AvgIpc) is 2.33. The second kappa shape index (κ2) is 6.67. The molecule has 0 unspecified atom stereocenters. The first-order chi connectivity index (χ1) is 8.20. The number of rotatable bonds is 7. The predicted octanol–water partition coefficient (Wildman–Crippen LogP) is 2.80. The molecular weight excluding hydrogens is 225 g/mol. The van der Waals surface area contributed by atoms with Crippen LogP contribution in [0.2, 0.25) is 0 Å². The van der Waals surface area contributed by atoms with Crippen LogP contribution in [0.5, 0.6) is 0 Å². The van der Waals surface area contributed by atoms with Gasteiger partial charge in [0, 0.05) is 13.1 Å². The molecule has 0 saturated carbocycles. The van der Waals surface area contributed by atoms with Crippen molar-refractivity contribution in [3.63, 3.8) is 0 Å². The summed E-state index contributed by atoms with van der Waals surface area (Å²) >= 11 is 0. The molecule has 0 atom stereocenters. The summed E-state index contributed by atoms with van der Waals surface area (Å²) in [5.74, 6) is 0. The summed E-state index contributed by atoms with van der Waals surface area (Å²) in [6, 6.07) is 4.92. The minimum atomic E-state index is -0.566. The smallest absolute Gasteiger partial charge is 0.315 e. The lowest BCUT2D eigenvalue weighted by atomic mass is 10.2. The third-order valence-corrected chi connectivity index (χ3v) is 2.19. The first-order valence-electron chi connectivity index (χ1n) is 5.51.